The minimum absolute atomic E-state index is 0.171. The first-order valence-corrected chi connectivity index (χ1v) is 7.33. The van der Waals surface area contributed by atoms with Gasteiger partial charge in [0.2, 0.25) is 0 Å². The summed E-state index contributed by atoms with van der Waals surface area (Å²) in [5.74, 6) is -0.171. The summed E-state index contributed by atoms with van der Waals surface area (Å²) in [6.07, 6.45) is 1.93. The molecule has 1 N–H and O–H groups in total. The molecule has 1 fully saturated rings. The number of aromatic nitrogens is 2. The summed E-state index contributed by atoms with van der Waals surface area (Å²) in [7, 11) is 1.96. The minimum atomic E-state index is -0.171. The van der Waals surface area contributed by atoms with E-state index in [-0.39, 0.29) is 11.9 Å². The van der Waals surface area contributed by atoms with E-state index in [0.29, 0.717) is 0 Å². The van der Waals surface area contributed by atoms with Gasteiger partial charge in [0, 0.05) is 50.5 Å². The number of nitrogens with one attached hydrogen (secondary N) is 1. The van der Waals surface area contributed by atoms with Gasteiger partial charge in [-0.1, -0.05) is 12.1 Å². The van der Waals surface area contributed by atoms with Crippen LogP contribution in [0.3, 0.4) is 0 Å². The molecule has 1 atom stereocenters. The van der Waals surface area contributed by atoms with E-state index in [9.17, 15) is 4.39 Å². The van der Waals surface area contributed by atoms with E-state index >= 15 is 0 Å². The van der Waals surface area contributed by atoms with Crippen molar-refractivity contribution in [3.8, 4) is 0 Å². The Labute approximate surface area is 124 Å². The standard InChI is InChI=1S/C16H21FN4/c1-12-14(9-19-20(12)2)11-21-7-6-18-10-16(21)13-4-3-5-15(17)8-13/h3-5,8-9,16,18H,6-7,10-11H2,1-2H3. The molecule has 2 heterocycles. The van der Waals surface area contributed by atoms with Gasteiger partial charge in [0.1, 0.15) is 5.82 Å². The summed E-state index contributed by atoms with van der Waals surface area (Å²) in [5, 5.41) is 7.71. The van der Waals surface area contributed by atoms with Crippen molar-refractivity contribution in [1.82, 2.24) is 20.0 Å². The molecule has 1 saturated heterocycles. The van der Waals surface area contributed by atoms with Crippen molar-refractivity contribution in [2.75, 3.05) is 19.6 Å². The van der Waals surface area contributed by atoms with E-state index in [2.05, 4.69) is 22.2 Å². The summed E-state index contributed by atoms with van der Waals surface area (Å²) in [6, 6.07) is 7.13. The lowest BCUT2D eigenvalue weighted by atomic mass is 10.0. The molecule has 5 heteroatoms. The summed E-state index contributed by atoms with van der Waals surface area (Å²) >= 11 is 0. The molecule has 1 aromatic carbocycles. The molecule has 1 aliphatic rings. The highest BCUT2D eigenvalue weighted by Gasteiger charge is 2.25. The van der Waals surface area contributed by atoms with Crippen LogP contribution in [-0.2, 0) is 13.6 Å². The molecule has 1 unspecified atom stereocenters. The van der Waals surface area contributed by atoms with Crippen molar-refractivity contribution in [2.24, 2.45) is 7.05 Å². The number of rotatable bonds is 3. The Kier molecular flexibility index (Phi) is 4.03. The molecule has 112 valence electrons. The molecule has 2 aromatic rings. The Morgan fingerprint density at radius 2 is 2.29 bits per heavy atom. The van der Waals surface area contributed by atoms with Crippen LogP contribution in [0.5, 0.6) is 0 Å². The number of halogens is 1. The van der Waals surface area contributed by atoms with E-state index in [0.717, 1.165) is 31.7 Å². The number of aryl methyl sites for hydroxylation is 1. The average Bonchev–Trinajstić information content (AvgIpc) is 2.80. The Morgan fingerprint density at radius 1 is 1.43 bits per heavy atom. The first kappa shape index (κ1) is 14.2. The SMILES string of the molecule is Cc1c(CN2CCNCC2c2cccc(F)c2)cnn1C. The van der Waals surface area contributed by atoms with Gasteiger partial charge in [-0.15, -0.1) is 0 Å². The van der Waals surface area contributed by atoms with Gasteiger partial charge in [0.05, 0.1) is 6.20 Å². The van der Waals surface area contributed by atoms with Gasteiger partial charge in [-0.2, -0.15) is 5.10 Å². The van der Waals surface area contributed by atoms with Crippen LogP contribution in [0.4, 0.5) is 4.39 Å². The van der Waals surface area contributed by atoms with Crippen LogP contribution in [0.25, 0.3) is 0 Å². The zero-order valence-electron chi connectivity index (χ0n) is 12.5. The van der Waals surface area contributed by atoms with Crippen LogP contribution in [0.15, 0.2) is 30.5 Å². The van der Waals surface area contributed by atoms with Crippen molar-refractivity contribution < 1.29 is 4.39 Å². The van der Waals surface area contributed by atoms with Crippen LogP contribution in [0.2, 0.25) is 0 Å². The van der Waals surface area contributed by atoms with E-state index < -0.39 is 0 Å². The van der Waals surface area contributed by atoms with Gasteiger partial charge in [-0.05, 0) is 24.6 Å². The third kappa shape index (κ3) is 2.99. The number of hydrogen-bond donors (Lipinski definition) is 1. The molecular weight excluding hydrogens is 267 g/mol. The van der Waals surface area contributed by atoms with Crippen molar-refractivity contribution in [1.29, 1.82) is 0 Å². The molecule has 0 spiro atoms. The summed E-state index contributed by atoms with van der Waals surface area (Å²) in [5.41, 5.74) is 3.45. The monoisotopic (exact) mass is 288 g/mol. The van der Waals surface area contributed by atoms with Crippen molar-refractivity contribution in [3.05, 3.63) is 53.1 Å². The van der Waals surface area contributed by atoms with Crippen molar-refractivity contribution >= 4 is 0 Å². The molecule has 1 aliphatic heterocycles. The number of piperazine rings is 1. The average molecular weight is 288 g/mol. The molecule has 0 radical (unpaired) electrons. The highest BCUT2D eigenvalue weighted by Crippen LogP contribution is 2.25. The lowest BCUT2D eigenvalue weighted by Gasteiger charge is -2.36. The predicted octanol–water partition coefficient (Wildman–Crippen LogP) is 2.01. The Bertz CT molecular complexity index is 622. The van der Waals surface area contributed by atoms with Gasteiger partial charge in [-0.3, -0.25) is 9.58 Å². The molecule has 0 saturated carbocycles. The predicted molar refractivity (Wildman–Crippen MR) is 80.4 cm³/mol. The molecule has 3 rings (SSSR count). The van der Waals surface area contributed by atoms with Crippen molar-refractivity contribution in [3.63, 3.8) is 0 Å². The van der Waals surface area contributed by atoms with Crippen LogP contribution in [-0.4, -0.2) is 34.3 Å². The Hall–Kier alpha value is -1.72. The largest absolute Gasteiger partial charge is 0.314 e. The summed E-state index contributed by atoms with van der Waals surface area (Å²) in [4.78, 5) is 2.40. The molecule has 0 amide bonds. The van der Waals surface area contributed by atoms with E-state index in [1.807, 2.05) is 24.0 Å². The normalized spacial score (nSPS) is 19.9. The fraction of sp³-hybridized carbons (Fsp3) is 0.438. The van der Waals surface area contributed by atoms with Gasteiger partial charge in [0.15, 0.2) is 0 Å². The third-order valence-corrected chi connectivity index (χ3v) is 4.30. The fourth-order valence-corrected chi connectivity index (χ4v) is 2.90. The zero-order valence-corrected chi connectivity index (χ0v) is 12.5. The molecular formula is C16H21FN4. The minimum Gasteiger partial charge on any atom is -0.314 e. The van der Waals surface area contributed by atoms with Crippen LogP contribution >= 0.6 is 0 Å². The highest BCUT2D eigenvalue weighted by molar-refractivity contribution is 5.22. The Balaban J connectivity index is 1.83. The topological polar surface area (TPSA) is 33.1 Å². The molecule has 0 aliphatic carbocycles. The summed E-state index contributed by atoms with van der Waals surface area (Å²) in [6.45, 7) is 5.70. The highest BCUT2D eigenvalue weighted by atomic mass is 19.1. The van der Waals surface area contributed by atoms with Crippen LogP contribution in [0, 0.1) is 12.7 Å². The maximum Gasteiger partial charge on any atom is 0.123 e. The van der Waals surface area contributed by atoms with Crippen molar-refractivity contribution in [2.45, 2.75) is 19.5 Å². The second-order valence-corrected chi connectivity index (χ2v) is 5.62. The first-order chi connectivity index (χ1) is 10.1. The molecule has 4 nitrogen and oxygen atoms in total. The summed E-state index contributed by atoms with van der Waals surface area (Å²) < 4.78 is 15.4. The van der Waals surface area contributed by atoms with E-state index in [1.54, 1.807) is 12.1 Å². The van der Waals surface area contributed by atoms with E-state index in [1.165, 1.54) is 17.3 Å². The van der Waals surface area contributed by atoms with Gasteiger partial charge in [0.25, 0.3) is 0 Å². The van der Waals surface area contributed by atoms with Crippen LogP contribution in [0.1, 0.15) is 22.9 Å². The van der Waals surface area contributed by atoms with Gasteiger partial charge < -0.3 is 5.32 Å². The second kappa shape index (κ2) is 5.95. The van der Waals surface area contributed by atoms with Crippen LogP contribution < -0.4 is 5.32 Å². The lowest BCUT2D eigenvalue weighted by molar-refractivity contribution is 0.153. The Morgan fingerprint density at radius 3 is 3.00 bits per heavy atom. The number of hydrogen-bond acceptors (Lipinski definition) is 3. The lowest BCUT2D eigenvalue weighted by Crippen LogP contribution is -2.45. The number of benzene rings is 1. The van der Waals surface area contributed by atoms with E-state index in [4.69, 9.17) is 0 Å². The third-order valence-electron chi connectivity index (χ3n) is 4.30. The maximum absolute atomic E-state index is 13.5. The maximum atomic E-state index is 13.5. The smallest absolute Gasteiger partial charge is 0.123 e. The molecule has 0 bridgehead atoms. The quantitative estimate of drug-likeness (QED) is 0.938. The molecule has 21 heavy (non-hydrogen) atoms. The zero-order chi connectivity index (χ0) is 14.8. The second-order valence-electron chi connectivity index (χ2n) is 5.62. The fourth-order valence-electron chi connectivity index (χ4n) is 2.90. The molecule has 1 aromatic heterocycles. The number of nitrogens with zero attached hydrogens (tertiary/aromatic N) is 3. The van der Waals surface area contributed by atoms with Gasteiger partial charge >= 0.3 is 0 Å². The first-order valence-electron chi connectivity index (χ1n) is 7.33. The van der Waals surface area contributed by atoms with Gasteiger partial charge in [-0.25, -0.2) is 4.39 Å².